The first-order chi connectivity index (χ1) is 10.1. The molecule has 2 unspecified atom stereocenters. The summed E-state index contributed by atoms with van der Waals surface area (Å²) in [6, 6.07) is 16.8. The van der Waals surface area contributed by atoms with Gasteiger partial charge in [0.25, 0.3) is 0 Å². The van der Waals surface area contributed by atoms with Crippen LogP contribution in [-0.2, 0) is 0 Å². The van der Waals surface area contributed by atoms with E-state index < -0.39 is 0 Å². The van der Waals surface area contributed by atoms with E-state index in [0.717, 1.165) is 10.0 Å². The predicted molar refractivity (Wildman–Crippen MR) is 92.9 cm³/mol. The Morgan fingerprint density at radius 1 is 0.905 bits per heavy atom. The van der Waals surface area contributed by atoms with E-state index in [9.17, 15) is 0 Å². The Bertz CT molecular complexity index is 758. The molecule has 0 amide bonds. The SMILES string of the molecule is CC(c1ccncc1)C(Cl)c1ccc2cc(Br)ccc2c1. The van der Waals surface area contributed by atoms with Gasteiger partial charge in [-0.15, -0.1) is 11.6 Å². The fourth-order valence-electron chi connectivity index (χ4n) is 2.53. The molecule has 3 rings (SSSR count). The zero-order valence-corrected chi connectivity index (χ0v) is 14.0. The molecule has 0 bridgehead atoms. The second kappa shape index (κ2) is 6.17. The summed E-state index contributed by atoms with van der Waals surface area (Å²) in [5, 5.41) is 2.37. The molecule has 0 spiro atoms. The molecule has 0 radical (unpaired) electrons. The van der Waals surface area contributed by atoms with E-state index in [1.807, 2.05) is 24.5 Å². The molecule has 3 heteroatoms. The number of aromatic nitrogens is 1. The summed E-state index contributed by atoms with van der Waals surface area (Å²) < 4.78 is 1.09. The van der Waals surface area contributed by atoms with Crippen molar-refractivity contribution in [1.82, 2.24) is 4.98 Å². The quantitative estimate of drug-likeness (QED) is 0.516. The molecular formula is C18H15BrClN. The summed E-state index contributed by atoms with van der Waals surface area (Å²) in [4.78, 5) is 4.06. The third-order valence-electron chi connectivity index (χ3n) is 3.82. The summed E-state index contributed by atoms with van der Waals surface area (Å²) in [5.74, 6) is 0.238. The van der Waals surface area contributed by atoms with Crippen LogP contribution >= 0.6 is 27.5 Å². The third kappa shape index (κ3) is 3.12. The van der Waals surface area contributed by atoms with E-state index in [1.54, 1.807) is 0 Å². The molecule has 0 saturated carbocycles. The predicted octanol–water partition coefficient (Wildman–Crippen LogP) is 6.08. The minimum atomic E-state index is -0.0551. The van der Waals surface area contributed by atoms with Crippen LogP contribution in [0.1, 0.15) is 29.3 Å². The van der Waals surface area contributed by atoms with Gasteiger partial charge in [-0.25, -0.2) is 0 Å². The van der Waals surface area contributed by atoms with Crippen LogP contribution in [0.15, 0.2) is 65.4 Å². The van der Waals surface area contributed by atoms with Crippen molar-refractivity contribution in [3.8, 4) is 0 Å². The average molecular weight is 361 g/mol. The summed E-state index contributed by atoms with van der Waals surface area (Å²) in [6.07, 6.45) is 3.63. The van der Waals surface area contributed by atoms with Gasteiger partial charge >= 0.3 is 0 Å². The topological polar surface area (TPSA) is 12.9 Å². The van der Waals surface area contributed by atoms with E-state index in [0.29, 0.717) is 0 Å². The summed E-state index contributed by atoms with van der Waals surface area (Å²) >= 11 is 10.2. The monoisotopic (exact) mass is 359 g/mol. The molecule has 0 saturated heterocycles. The lowest BCUT2D eigenvalue weighted by molar-refractivity contribution is 0.731. The number of pyridine rings is 1. The fraction of sp³-hybridized carbons (Fsp3) is 0.167. The van der Waals surface area contributed by atoms with Crippen LogP contribution in [0.2, 0.25) is 0 Å². The minimum absolute atomic E-state index is 0.0551. The van der Waals surface area contributed by atoms with E-state index in [2.05, 4.69) is 64.2 Å². The van der Waals surface area contributed by atoms with Gasteiger partial charge in [-0.3, -0.25) is 4.98 Å². The minimum Gasteiger partial charge on any atom is -0.265 e. The third-order valence-corrected chi connectivity index (χ3v) is 4.94. The first kappa shape index (κ1) is 14.6. The molecular weight excluding hydrogens is 346 g/mol. The van der Waals surface area contributed by atoms with Crippen LogP contribution in [-0.4, -0.2) is 4.98 Å². The van der Waals surface area contributed by atoms with Gasteiger partial charge in [0.1, 0.15) is 0 Å². The van der Waals surface area contributed by atoms with Crippen molar-refractivity contribution in [2.24, 2.45) is 0 Å². The summed E-state index contributed by atoms with van der Waals surface area (Å²) in [6.45, 7) is 2.15. The van der Waals surface area contributed by atoms with Gasteiger partial charge in [-0.1, -0.05) is 41.1 Å². The average Bonchev–Trinajstić information content (AvgIpc) is 2.53. The summed E-state index contributed by atoms with van der Waals surface area (Å²) in [7, 11) is 0. The fourth-order valence-corrected chi connectivity index (χ4v) is 3.19. The lowest BCUT2D eigenvalue weighted by Crippen LogP contribution is -2.02. The van der Waals surface area contributed by atoms with E-state index >= 15 is 0 Å². The molecule has 1 aromatic heterocycles. The normalized spacial score (nSPS) is 14.0. The number of alkyl halides is 1. The molecule has 1 nitrogen and oxygen atoms in total. The molecule has 3 aromatic rings. The van der Waals surface area contributed by atoms with Gasteiger partial charge in [-0.05, 0) is 52.2 Å². The Kier molecular flexibility index (Phi) is 4.27. The highest BCUT2D eigenvalue weighted by Crippen LogP contribution is 2.37. The molecule has 0 N–H and O–H groups in total. The number of hydrogen-bond donors (Lipinski definition) is 0. The van der Waals surface area contributed by atoms with Gasteiger partial charge in [0.05, 0.1) is 5.38 Å². The summed E-state index contributed by atoms with van der Waals surface area (Å²) in [5.41, 5.74) is 2.36. The van der Waals surface area contributed by atoms with Crippen LogP contribution < -0.4 is 0 Å². The van der Waals surface area contributed by atoms with Gasteiger partial charge < -0.3 is 0 Å². The Hall–Kier alpha value is -1.38. The second-order valence-corrected chi connectivity index (χ2v) is 6.61. The highest BCUT2D eigenvalue weighted by atomic mass is 79.9. The van der Waals surface area contributed by atoms with Crippen molar-refractivity contribution in [2.45, 2.75) is 18.2 Å². The van der Waals surface area contributed by atoms with Gasteiger partial charge in [-0.2, -0.15) is 0 Å². The molecule has 106 valence electrons. The van der Waals surface area contributed by atoms with Crippen molar-refractivity contribution in [3.05, 3.63) is 76.5 Å². The van der Waals surface area contributed by atoms with E-state index in [-0.39, 0.29) is 11.3 Å². The maximum absolute atomic E-state index is 6.69. The number of halogens is 2. The Morgan fingerprint density at radius 3 is 2.33 bits per heavy atom. The van der Waals surface area contributed by atoms with Crippen LogP contribution in [0.5, 0.6) is 0 Å². The molecule has 21 heavy (non-hydrogen) atoms. The van der Waals surface area contributed by atoms with Crippen molar-refractivity contribution < 1.29 is 0 Å². The molecule has 0 aliphatic heterocycles. The zero-order chi connectivity index (χ0) is 14.8. The lowest BCUT2D eigenvalue weighted by atomic mass is 9.93. The number of rotatable bonds is 3. The van der Waals surface area contributed by atoms with Crippen molar-refractivity contribution in [2.75, 3.05) is 0 Å². The number of nitrogens with zero attached hydrogens (tertiary/aromatic N) is 1. The lowest BCUT2D eigenvalue weighted by Gasteiger charge is -2.19. The van der Waals surface area contributed by atoms with Crippen LogP contribution in [0.4, 0.5) is 0 Å². The van der Waals surface area contributed by atoms with Crippen LogP contribution in [0.3, 0.4) is 0 Å². The maximum Gasteiger partial charge on any atom is 0.0651 e. The zero-order valence-electron chi connectivity index (χ0n) is 11.6. The molecule has 0 aliphatic carbocycles. The first-order valence-corrected chi connectivity index (χ1v) is 8.11. The molecule has 0 fully saturated rings. The molecule has 2 aromatic carbocycles. The highest BCUT2D eigenvalue weighted by Gasteiger charge is 2.18. The second-order valence-electron chi connectivity index (χ2n) is 5.22. The van der Waals surface area contributed by atoms with Gasteiger partial charge in [0, 0.05) is 22.8 Å². The molecule has 1 heterocycles. The Morgan fingerprint density at radius 2 is 1.57 bits per heavy atom. The van der Waals surface area contributed by atoms with Crippen LogP contribution in [0.25, 0.3) is 10.8 Å². The highest BCUT2D eigenvalue weighted by molar-refractivity contribution is 9.10. The van der Waals surface area contributed by atoms with Gasteiger partial charge in [0.2, 0.25) is 0 Å². The standard InChI is InChI=1S/C18H15BrClN/c1-12(13-6-8-21-9-7-13)18(20)16-3-2-15-11-17(19)5-4-14(15)10-16/h2-12,18H,1H3. The van der Waals surface area contributed by atoms with Crippen molar-refractivity contribution >= 4 is 38.3 Å². The molecule has 2 atom stereocenters. The smallest absolute Gasteiger partial charge is 0.0651 e. The van der Waals surface area contributed by atoms with Crippen molar-refractivity contribution in [3.63, 3.8) is 0 Å². The Balaban J connectivity index is 1.94. The van der Waals surface area contributed by atoms with E-state index in [1.165, 1.54) is 16.3 Å². The van der Waals surface area contributed by atoms with Crippen LogP contribution in [0, 0.1) is 0 Å². The van der Waals surface area contributed by atoms with Gasteiger partial charge in [0.15, 0.2) is 0 Å². The Labute approximate surface area is 138 Å². The first-order valence-electron chi connectivity index (χ1n) is 6.88. The number of hydrogen-bond acceptors (Lipinski definition) is 1. The van der Waals surface area contributed by atoms with E-state index in [4.69, 9.17) is 11.6 Å². The number of fused-ring (bicyclic) bond motifs is 1. The maximum atomic E-state index is 6.69. The van der Waals surface area contributed by atoms with Crippen molar-refractivity contribution in [1.29, 1.82) is 0 Å². The largest absolute Gasteiger partial charge is 0.265 e. The molecule has 0 aliphatic rings. The number of benzene rings is 2.